The lowest BCUT2D eigenvalue weighted by Gasteiger charge is -2.34. The van der Waals surface area contributed by atoms with Crippen LogP contribution >= 0.6 is 0 Å². The number of rotatable bonds is 4. The molecule has 6 heteroatoms. The summed E-state index contributed by atoms with van der Waals surface area (Å²) < 4.78 is 0. The summed E-state index contributed by atoms with van der Waals surface area (Å²) in [5.41, 5.74) is 1.79. The molecule has 0 radical (unpaired) electrons. The summed E-state index contributed by atoms with van der Waals surface area (Å²) in [5.74, 6) is 1.07. The van der Waals surface area contributed by atoms with Crippen molar-refractivity contribution >= 4 is 17.5 Å². The van der Waals surface area contributed by atoms with Crippen LogP contribution in [0, 0.1) is 11.8 Å². The van der Waals surface area contributed by atoms with E-state index in [1.165, 1.54) is 12.8 Å². The minimum Gasteiger partial charge on any atom is -0.342 e. The summed E-state index contributed by atoms with van der Waals surface area (Å²) in [6.45, 7) is 1.60. The Morgan fingerprint density at radius 2 is 1.69 bits per heavy atom. The highest BCUT2D eigenvalue weighted by Gasteiger charge is 2.33. The molecule has 1 aliphatic heterocycles. The number of carbonyl (C=O) groups excluding carboxylic acids is 2. The lowest BCUT2D eigenvalue weighted by Crippen LogP contribution is -2.42. The molecule has 1 saturated heterocycles. The largest absolute Gasteiger partial charge is 0.342 e. The second kappa shape index (κ2) is 7.80. The number of aromatic nitrogens is 2. The summed E-state index contributed by atoms with van der Waals surface area (Å²) in [5, 5.41) is 10.4. The van der Waals surface area contributed by atoms with E-state index >= 15 is 0 Å². The fraction of sp³-hybridized carbons (Fsp3) is 0.750. The number of hydrogen-bond donors (Lipinski definition) is 2. The Morgan fingerprint density at radius 1 is 1.00 bits per heavy atom. The Labute approximate surface area is 155 Å². The molecule has 2 N–H and O–H groups in total. The molecule has 4 rings (SSSR count). The molecule has 1 aromatic rings. The van der Waals surface area contributed by atoms with Crippen LogP contribution in [0.5, 0.6) is 0 Å². The highest BCUT2D eigenvalue weighted by molar-refractivity contribution is 5.93. The fourth-order valence-corrected chi connectivity index (χ4v) is 4.97. The molecule has 6 nitrogen and oxygen atoms in total. The predicted molar refractivity (Wildman–Crippen MR) is 99.7 cm³/mol. The van der Waals surface area contributed by atoms with Gasteiger partial charge in [0.1, 0.15) is 0 Å². The smallest absolute Gasteiger partial charge is 0.227 e. The number of H-pyrrole nitrogens is 1. The highest BCUT2D eigenvalue weighted by Crippen LogP contribution is 2.34. The van der Waals surface area contributed by atoms with Crippen molar-refractivity contribution < 1.29 is 9.59 Å². The van der Waals surface area contributed by atoms with E-state index in [0.717, 1.165) is 75.8 Å². The molecule has 2 saturated carbocycles. The number of aromatic amines is 1. The van der Waals surface area contributed by atoms with E-state index in [4.69, 9.17) is 0 Å². The van der Waals surface area contributed by atoms with Gasteiger partial charge in [-0.2, -0.15) is 5.10 Å². The molecule has 0 aromatic carbocycles. The van der Waals surface area contributed by atoms with Gasteiger partial charge in [0.15, 0.2) is 0 Å². The van der Waals surface area contributed by atoms with Gasteiger partial charge >= 0.3 is 0 Å². The van der Waals surface area contributed by atoms with Crippen molar-refractivity contribution in [3.63, 3.8) is 0 Å². The Morgan fingerprint density at radius 3 is 2.42 bits per heavy atom. The topological polar surface area (TPSA) is 78.1 Å². The van der Waals surface area contributed by atoms with Crippen LogP contribution in [-0.4, -0.2) is 40.0 Å². The van der Waals surface area contributed by atoms with Gasteiger partial charge in [0.25, 0.3) is 0 Å². The minimum absolute atomic E-state index is 0.125. The van der Waals surface area contributed by atoms with Gasteiger partial charge in [-0.15, -0.1) is 0 Å². The number of nitrogens with zero attached hydrogens (tertiary/aromatic N) is 2. The van der Waals surface area contributed by atoms with E-state index in [0.29, 0.717) is 5.91 Å². The van der Waals surface area contributed by atoms with Crippen LogP contribution in [0.2, 0.25) is 0 Å². The van der Waals surface area contributed by atoms with Gasteiger partial charge in [-0.1, -0.05) is 25.7 Å². The third kappa shape index (κ3) is 3.64. The van der Waals surface area contributed by atoms with Crippen LogP contribution in [0.3, 0.4) is 0 Å². The normalized spacial score (nSPS) is 24.9. The summed E-state index contributed by atoms with van der Waals surface area (Å²) in [6, 6.07) is 0. The van der Waals surface area contributed by atoms with Gasteiger partial charge in [0, 0.05) is 30.8 Å². The Bertz CT molecular complexity index is 644. The molecule has 3 fully saturated rings. The van der Waals surface area contributed by atoms with Crippen LogP contribution in [0.1, 0.15) is 75.8 Å². The van der Waals surface area contributed by atoms with Crippen LogP contribution in [-0.2, 0) is 9.59 Å². The van der Waals surface area contributed by atoms with Gasteiger partial charge in [-0.25, -0.2) is 0 Å². The molecule has 142 valence electrons. The SMILES string of the molecule is O=C(Nc1cn[nH]c1[C@H]1CCCN(C(=O)C2CCCC2)C1)C1CCCC1. The van der Waals surface area contributed by atoms with E-state index in [-0.39, 0.29) is 23.7 Å². The summed E-state index contributed by atoms with van der Waals surface area (Å²) in [4.78, 5) is 27.3. The zero-order chi connectivity index (χ0) is 17.9. The number of carbonyl (C=O) groups is 2. The maximum atomic E-state index is 12.8. The van der Waals surface area contributed by atoms with Gasteiger partial charge in [-0.3, -0.25) is 14.7 Å². The van der Waals surface area contributed by atoms with Crippen LogP contribution in [0.4, 0.5) is 5.69 Å². The van der Waals surface area contributed by atoms with E-state index < -0.39 is 0 Å². The Kier molecular flexibility index (Phi) is 5.27. The van der Waals surface area contributed by atoms with E-state index in [2.05, 4.69) is 15.5 Å². The van der Waals surface area contributed by atoms with Crippen LogP contribution in [0.15, 0.2) is 6.20 Å². The maximum absolute atomic E-state index is 12.8. The summed E-state index contributed by atoms with van der Waals surface area (Å²) >= 11 is 0. The number of amides is 2. The van der Waals surface area contributed by atoms with Crippen molar-refractivity contribution in [1.29, 1.82) is 0 Å². The molecule has 1 aromatic heterocycles. The Balaban J connectivity index is 1.41. The number of hydrogen-bond acceptors (Lipinski definition) is 3. The quantitative estimate of drug-likeness (QED) is 0.865. The monoisotopic (exact) mass is 358 g/mol. The van der Waals surface area contributed by atoms with Crippen molar-refractivity contribution in [3.05, 3.63) is 11.9 Å². The van der Waals surface area contributed by atoms with Crippen molar-refractivity contribution in [2.24, 2.45) is 11.8 Å². The highest BCUT2D eigenvalue weighted by atomic mass is 16.2. The van der Waals surface area contributed by atoms with E-state index in [9.17, 15) is 9.59 Å². The molecule has 0 unspecified atom stereocenters. The first-order chi connectivity index (χ1) is 12.7. The molecule has 2 heterocycles. The number of likely N-dealkylation sites (tertiary alicyclic amines) is 1. The second-order valence-electron chi connectivity index (χ2n) is 8.27. The number of nitrogens with one attached hydrogen (secondary N) is 2. The van der Waals surface area contributed by atoms with Crippen molar-refractivity contribution in [3.8, 4) is 0 Å². The molecule has 3 aliphatic rings. The summed E-state index contributed by atoms with van der Waals surface area (Å²) in [6.07, 6.45) is 12.5. The third-order valence-electron chi connectivity index (χ3n) is 6.50. The zero-order valence-corrected chi connectivity index (χ0v) is 15.5. The molecule has 2 aliphatic carbocycles. The Hall–Kier alpha value is -1.85. The summed E-state index contributed by atoms with van der Waals surface area (Å²) in [7, 11) is 0. The fourth-order valence-electron chi connectivity index (χ4n) is 4.97. The molecule has 26 heavy (non-hydrogen) atoms. The van der Waals surface area contributed by atoms with Crippen molar-refractivity contribution in [1.82, 2.24) is 15.1 Å². The van der Waals surface area contributed by atoms with Crippen molar-refractivity contribution in [2.75, 3.05) is 18.4 Å². The van der Waals surface area contributed by atoms with Gasteiger partial charge < -0.3 is 10.2 Å². The molecule has 0 spiro atoms. The van der Waals surface area contributed by atoms with Gasteiger partial charge in [-0.05, 0) is 38.5 Å². The minimum atomic E-state index is 0.125. The molecular formula is C20H30N4O2. The molecule has 0 bridgehead atoms. The lowest BCUT2D eigenvalue weighted by molar-refractivity contribution is -0.136. The lowest BCUT2D eigenvalue weighted by atomic mass is 9.92. The first kappa shape index (κ1) is 17.6. The molecule has 2 amide bonds. The molecule has 1 atom stereocenters. The maximum Gasteiger partial charge on any atom is 0.227 e. The van der Waals surface area contributed by atoms with Gasteiger partial charge in [0.2, 0.25) is 11.8 Å². The average molecular weight is 358 g/mol. The van der Waals surface area contributed by atoms with Crippen LogP contribution in [0.25, 0.3) is 0 Å². The predicted octanol–water partition coefficient (Wildman–Crippen LogP) is 3.43. The van der Waals surface area contributed by atoms with E-state index in [1.54, 1.807) is 6.20 Å². The van der Waals surface area contributed by atoms with E-state index in [1.807, 2.05) is 4.90 Å². The average Bonchev–Trinajstić information content (AvgIpc) is 3.43. The number of piperidine rings is 1. The first-order valence-corrected chi connectivity index (χ1v) is 10.4. The first-order valence-electron chi connectivity index (χ1n) is 10.4. The zero-order valence-electron chi connectivity index (χ0n) is 15.5. The van der Waals surface area contributed by atoms with Crippen LogP contribution < -0.4 is 5.32 Å². The van der Waals surface area contributed by atoms with Crippen molar-refractivity contribution in [2.45, 2.75) is 70.1 Å². The number of anilines is 1. The second-order valence-corrected chi connectivity index (χ2v) is 8.27. The van der Waals surface area contributed by atoms with Gasteiger partial charge in [0.05, 0.1) is 17.6 Å². The third-order valence-corrected chi connectivity index (χ3v) is 6.50. The molecular weight excluding hydrogens is 328 g/mol. The standard InChI is InChI=1S/C20H30N4O2/c25-19(14-6-1-2-7-14)22-17-12-21-23-18(17)16-10-5-11-24(13-16)20(26)15-8-3-4-9-15/h12,14-16H,1-11,13H2,(H,21,23)(H,22,25)/t16-/m0/s1.